The number of benzene rings is 3. The third kappa shape index (κ3) is 5.06. The maximum absolute atomic E-state index is 12.6. The number of hydrogen-bond acceptors (Lipinski definition) is 3. The van der Waals surface area contributed by atoms with Gasteiger partial charge in [-0.3, -0.25) is 4.79 Å². The number of nitrogens with zero attached hydrogens (tertiary/aromatic N) is 2. The molecule has 31 heavy (non-hydrogen) atoms. The fourth-order valence-corrected chi connectivity index (χ4v) is 3.75. The summed E-state index contributed by atoms with van der Waals surface area (Å²) in [6, 6.07) is 23.0. The van der Waals surface area contributed by atoms with E-state index in [-0.39, 0.29) is 5.91 Å². The molecule has 4 aromatic rings. The van der Waals surface area contributed by atoms with Crippen molar-refractivity contribution in [1.82, 2.24) is 14.9 Å². The summed E-state index contributed by atoms with van der Waals surface area (Å²) in [5.41, 5.74) is 3.58. The summed E-state index contributed by atoms with van der Waals surface area (Å²) in [7, 11) is 0. The largest absolute Gasteiger partial charge is 0.494 e. The zero-order chi connectivity index (χ0) is 21.6. The number of carbonyl (C=O) groups excluding carboxylic acids is 1. The van der Waals surface area contributed by atoms with E-state index in [0.717, 1.165) is 35.6 Å². The highest BCUT2D eigenvalue weighted by molar-refractivity contribution is 6.33. The first kappa shape index (κ1) is 20.9. The normalized spacial score (nSPS) is 10.9. The van der Waals surface area contributed by atoms with Crippen molar-refractivity contribution in [3.05, 3.63) is 94.8 Å². The number of imidazole rings is 1. The topological polar surface area (TPSA) is 56.1 Å². The number of rotatable bonds is 8. The lowest BCUT2D eigenvalue weighted by atomic mass is 10.2. The molecule has 0 fully saturated rings. The molecular weight excluding hydrogens is 410 g/mol. The van der Waals surface area contributed by atoms with Gasteiger partial charge in [-0.2, -0.15) is 0 Å². The second-order valence-electron chi connectivity index (χ2n) is 7.35. The van der Waals surface area contributed by atoms with Gasteiger partial charge in [0.05, 0.1) is 34.8 Å². The Morgan fingerprint density at radius 2 is 1.87 bits per heavy atom. The maximum atomic E-state index is 12.6. The molecule has 158 valence electrons. The van der Waals surface area contributed by atoms with Gasteiger partial charge in [-0.15, -0.1) is 0 Å². The minimum atomic E-state index is -0.216. The number of para-hydroxylation sites is 2. The molecule has 0 aliphatic carbocycles. The second-order valence-corrected chi connectivity index (χ2v) is 7.76. The number of ether oxygens (including phenoxy) is 1. The SMILES string of the molecule is Cc1cccc(OCCCn2c(CNC(=O)c3ccccc3Cl)nc3ccccc32)c1. The van der Waals surface area contributed by atoms with Crippen LogP contribution < -0.4 is 10.1 Å². The highest BCUT2D eigenvalue weighted by atomic mass is 35.5. The molecule has 1 aromatic heterocycles. The van der Waals surface area contributed by atoms with Crippen LogP contribution in [0.25, 0.3) is 11.0 Å². The second kappa shape index (κ2) is 9.67. The van der Waals surface area contributed by atoms with Gasteiger partial charge in [0.25, 0.3) is 5.91 Å². The number of nitrogens with one attached hydrogen (secondary N) is 1. The van der Waals surface area contributed by atoms with E-state index in [1.54, 1.807) is 24.3 Å². The minimum absolute atomic E-state index is 0.216. The molecule has 1 N–H and O–H groups in total. The first-order chi connectivity index (χ1) is 15.1. The molecule has 0 radical (unpaired) electrons. The predicted octanol–water partition coefficient (Wildman–Crippen LogP) is 5.40. The number of hydrogen-bond donors (Lipinski definition) is 1. The predicted molar refractivity (Wildman–Crippen MR) is 124 cm³/mol. The Hall–Kier alpha value is -3.31. The molecule has 0 aliphatic rings. The molecule has 1 heterocycles. The van der Waals surface area contributed by atoms with Crippen LogP contribution in [0.3, 0.4) is 0 Å². The zero-order valence-corrected chi connectivity index (χ0v) is 18.1. The van der Waals surface area contributed by atoms with Crippen LogP contribution in [0.1, 0.15) is 28.2 Å². The first-order valence-corrected chi connectivity index (χ1v) is 10.7. The number of fused-ring (bicyclic) bond motifs is 1. The van der Waals surface area contributed by atoms with E-state index in [4.69, 9.17) is 21.3 Å². The van der Waals surface area contributed by atoms with Crippen LogP contribution in [-0.4, -0.2) is 22.1 Å². The van der Waals surface area contributed by atoms with Crippen molar-refractivity contribution in [3.8, 4) is 5.75 Å². The van der Waals surface area contributed by atoms with Crippen molar-refractivity contribution in [2.75, 3.05) is 6.61 Å². The van der Waals surface area contributed by atoms with Gasteiger partial charge < -0.3 is 14.6 Å². The summed E-state index contributed by atoms with van der Waals surface area (Å²) in [5.74, 6) is 1.46. The fraction of sp³-hybridized carbons (Fsp3) is 0.200. The monoisotopic (exact) mass is 433 g/mol. The Labute approximate surface area is 186 Å². The molecule has 4 rings (SSSR count). The van der Waals surface area contributed by atoms with Crippen molar-refractivity contribution >= 4 is 28.5 Å². The number of halogens is 1. The third-order valence-corrected chi connectivity index (χ3v) is 5.37. The molecule has 0 bridgehead atoms. The summed E-state index contributed by atoms with van der Waals surface area (Å²) in [5, 5.41) is 3.37. The lowest BCUT2D eigenvalue weighted by Gasteiger charge is -2.12. The lowest BCUT2D eigenvalue weighted by molar-refractivity contribution is 0.0949. The van der Waals surface area contributed by atoms with E-state index in [0.29, 0.717) is 23.7 Å². The summed E-state index contributed by atoms with van der Waals surface area (Å²) in [4.78, 5) is 17.3. The van der Waals surface area contributed by atoms with Crippen LogP contribution in [0, 0.1) is 6.92 Å². The highest BCUT2D eigenvalue weighted by Gasteiger charge is 2.14. The average molecular weight is 434 g/mol. The van der Waals surface area contributed by atoms with Gasteiger partial charge in [-0.25, -0.2) is 4.98 Å². The van der Waals surface area contributed by atoms with Crippen LogP contribution in [0.2, 0.25) is 5.02 Å². The molecule has 0 unspecified atom stereocenters. The Morgan fingerprint density at radius 1 is 1.06 bits per heavy atom. The summed E-state index contributed by atoms with van der Waals surface area (Å²) < 4.78 is 8.03. The fourth-order valence-electron chi connectivity index (χ4n) is 3.53. The summed E-state index contributed by atoms with van der Waals surface area (Å²) >= 11 is 6.15. The van der Waals surface area contributed by atoms with Crippen molar-refractivity contribution in [3.63, 3.8) is 0 Å². The molecular formula is C25H24ClN3O2. The van der Waals surface area contributed by atoms with Crippen molar-refractivity contribution < 1.29 is 9.53 Å². The average Bonchev–Trinajstić information content (AvgIpc) is 3.13. The minimum Gasteiger partial charge on any atom is -0.494 e. The zero-order valence-electron chi connectivity index (χ0n) is 17.3. The maximum Gasteiger partial charge on any atom is 0.253 e. The molecule has 0 aliphatic heterocycles. The number of aromatic nitrogens is 2. The quantitative estimate of drug-likeness (QED) is 0.378. The smallest absolute Gasteiger partial charge is 0.253 e. The number of amides is 1. The van der Waals surface area contributed by atoms with Crippen LogP contribution in [0.15, 0.2) is 72.8 Å². The van der Waals surface area contributed by atoms with Crippen LogP contribution in [0.5, 0.6) is 5.75 Å². The molecule has 1 amide bonds. The lowest BCUT2D eigenvalue weighted by Crippen LogP contribution is -2.25. The van der Waals surface area contributed by atoms with E-state index in [1.165, 1.54) is 5.56 Å². The van der Waals surface area contributed by atoms with Gasteiger partial charge in [0.2, 0.25) is 0 Å². The van der Waals surface area contributed by atoms with E-state index >= 15 is 0 Å². The van der Waals surface area contributed by atoms with Crippen LogP contribution in [0.4, 0.5) is 0 Å². The van der Waals surface area contributed by atoms with Gasteiger partial charge in [-0.1, -0.05) is 48.0 Å². The van der Waals surface area contributed by atoms with E-state index in [9.17, 15) is 4.79 Å². The molecule has 6 heteroatoms. The Kier molecular flexibility index (Phi) is 6.53. The Bertz CT molecular complexity index is 1200. The molecule has 0 saturated heterocycles. The van der Waals surface area contributed by atoms with Crippen molar-refractivity contribution in [1.29, 1.82) is 0 Å². The van der Waals surface area contributed by atoms with Gasteiger partial charge in [0.1, 0.15) is 11.6 Å². The summed E-state index contributed by atoms with van der Waals surface area (Å²) in [6.07, 6.45) is 0.819. The van der Waals surface area contributed by atoms with Crippen molar-refractivity contribution in [2.24, 2.45) is 0 Å². The molecule has 0 saturated carbocycles. The summed E-state index contributed by atoms with van der Waals surface area (Å²) in [6.45, 7) is 3.70. The molecule has 0 spiro atoms. The van der Waals surface area contributed by atoms with Crippen LogP contribution >= 0.6 is 11.6 Å². The highest BCUT2D eigenvalue weighted by Crippen LogP contribution is 2.19. The Morgan fingerprint density at radius 3 is 2.71 bits per heavy atom. The van der Waals surface area contributed by atoms with Crippen molar-refractivity contribution in [2.45, 2.75) is 26.4 Å². The van der Waals surface area contributed by atoms with E-state index < -0.39 is 0 Å². The van der Waals surface area contributed by atoms with Gasteiger partial charge in [-0.05, 0) is 55.3 Å². The standard InChI is InChI=1S/C25H24ClN3O2/c1-18-8-6-9-19(16-18)31-15-7-14-29-23-13-5-4-12-22(23)28-24(29)17-27-25(30)20-10-2-3-11-21(20)26/h2-6,8-13,16H,7,14-15,17H2,1H3,(H,27,30). The van der Waals surface area contributed by atoms with E-state index in [1.807, 2.05) is 55.5 Å². The van der Waals surface area contributed by atoms with Gasteiger partial charge >= 0.3 is 0 Å². The molecule has 0 atom stereocenters. The van der Waals surface area contributed by atoms with Gasteiger partial charge in [0, 0.05) is 6.54 Å². The molecule has 5 nitrogen and oxygen atoms in total. The first-order valence-electron chi connectivity index (χ1n) is 10.3. The number of aryl methyl sites for hydroxylation is 2. The van der Waals surface area contributed by atoms with Gasteiger partial charge in [0.15, 0.2) is 0 Å². The molecule has 3 aromatic carbocycles. The van der Waals surface area contributed by atoms with E-state index in [2.05, 4.69) is 9.88 Å². The third-order valence-electron chi connectivity index (χ3n) is 5.04. The van der Waals surface area contributed by atoms with Crippen LogP contribution in [-0.2, 0) is 13.1 Å². The number of carbonyl (C=O) groups is 1. The Balaban J connectivity index is 1.44.